The molecule has 0 saturated carbocycles. The topological polar surface area (TPSA) is 58.4 Å². The highest BCUT2D eigenvalue weighted by Gasteiger charge is 2.30. The normalized spacial score (nSPS) is 20.5. The van der Waals surface area contributed by atoms with Crippen molar-refractivity contribution in [2.24, 2.45) is 5.84 Å². The van der Waals surface area contributed by atoms with Crippen LogP contribution in [0, 0.1) is 5.82 Å². The molecular formula is C12H16FN3O. The Labute approximate surface area is 99.6 Å². The van der Waals surface area contributed by atoms with Crippen molar-refractivity contribution in [1.82, 2.24) is 10.3 Å². The van der Waals surface area contributed by atoms with E-state index in [-0.39, 0.29) is 17.8 Å². The molecule has 1 atom stereocenters. The van der Waals surface area contributed by atoms with Gasteiger partial charge in [-0.05, 0) is 25.5 Å². The van der Waals surface area contributed by atoms with Gasteiger partial charge < -0.3 is 0 Å². The number of nitrogens with one attached hydrogen (secondary N) is 1. The average Bonchev–Trinajstić information content (AvgIpc) is 2.79. The number of hydrogen-bond acceptors (Lipinski definition) is 3. The molecule has 0 radical (unpaired) electrons. The standard InChI is InChI=1S/C12H16FN3O/c13-10-5-2-1-4-9(10)8-16-7-3-6-11(16)12(17)15-14/h1-2,4-5,11H,3,6-8,14H2,(H,15,17)/t11-/m0/s1. The minimum atomic E-state index is -0.236. The number of carbonyl (C=O) groups is 1. The molecular weight excluding hydrogens is 221 g/mol. The Kier molecular flexibility index (Phi) is 3.71. The Balaban J connectivity index is 2.08. The van der Waals surface area contributed by atoms with Crippen LogP contribution in [-0.4, -0.2) is 23.4 Å². The maximum Gasteiger partial charge on any atom is 0.251 e. The van der Waals surface area contributed by atoms with Gasteiger partial charge in [0.15, 0.2) is 0 Å². The number of carbonyl (C=O) groups excluding carboxylic acids is 1. The smallest absolute Gasteiger partial charge is 0.251 e. The molecule has 1 aromatic carbocycles. The predicted molar refractivity (Wildman–Crippen MR) is 62.2 cm³/mol. The maximum absolute atomic E-state index is 13.5. The van der Waals surface area contributed by atoms with Crippen LogP contribution >= 0.6 is 0 Å². The van der Waals surface area contributed by atoms with Crippen LogP contribution in [0.5, 0.6) is 0 Å². The lowest BCUT2D eigenvalue weighted by atomic mass is 10.1. The van der Waals surface area contributed by atoms with E-state index in [1.807, 2.05) is 4.90 Å². The van der Waals surface area contributed by atoms with Crippen molar-refractivity contribution >= 4 is 5.91 Å². The second-order valence-corrected chi connectivity index (χ2v) is 4.23. The van der Waals surface area contributed by atoms with E-state index in [9.17, 15) is 9.18 Å². The summed E-state index contributed by atoms with van der Waals surface area (Å²) in [5.74, 6) is 4.71. The van der Waals surface area contributed by atoms with E-state index < -0.39 is 0 Å². The molecule has 0 spiro atoms. The Hall–Kier alpha value is -1.46. The number of likely N-dealkylation sites (tertiary alicyclic amines) is 1. The van der Waals surface area contributed by atoms with Crippen molar-refractivity contribution in [2.45, 2.75) is 25.4 Å². The van der Waals surface area contributed by atoms with Crippen LogP contribution in [0.25, 0.3) is 0 Å². The third-order valence-electron chi connectivity index (χ3n) is 3.14. The first kappa shape index (κ1) is 12.0. The molecule has 1 aliphatic rings. The van der Waals surface area contributed by atoms with Crippen molar-refractivity contribution in [3.63, 3.8) is 0 Å². The van der Waals surface area contributed by atoms with Gasteiger partial charge in [-0.1, -0.05) is 18.2 Å². The van der Waals surface area contributed by atoms with E-state index in [1.165, 1.54) is 6.07 Å². The lowest BCUT2D eigenvalue weighted by molar-refractivity contribution is -0.125. The summed E-state index contributed by atoms with van der Waals surface area (Å²) in [6, 6.07) is 6.40. The lowest BCUT2D eigenvalue weighted by Gasteiger charge is -2.22. The van der Waals surface area contributed by atoms with Crippen LogP contribution in [-0.2, 0) is 11.3 Å². The minimum Gasteiger partial charge on any atom is -0.293 e. The van der Waals surface area contributed by atoms with E-state index in [0.29, 0.717) is 12.1 Å². The molecule has 0 aromatic heterocycles. The average molecular weight is 237 g/mol. The first-order valence-electron chi connectivity index (χ1n) is 5.70. The summed E-state index contributed by atoms with van der Waals surface area (Å²) in [7, 11) is 0. The molecule has 5 heteroatoms. The number of rotatable bonds is 3. The molecule has 17 heavy (non-hydrogen) atoms. The van der Waals surface area contributed by atoms with Crippen LogP contribution in [0.3, 0.4) is 0 Å². The quantitative estimate of drug-likeness (QED) is 0.464. The Bertz CT molecular complexity index is 410. The molecule has 92 valence electrons. The summed E-state index contributed by atoms with van der Waals surface area (Å²) in [6.45, 7) is 1.25. The summed E-state index contributed by atoms with van der Waals surface area (Å²) in [6.07, 6.45) is 1.71. The second-order valence-electron chi connectivity index (χ2n) is 4.23. The van der Waals surface area contributed by atoms with Crippen molar-refractivity contribution in [2.75, 3.05) is 6.54 Å². The summed E-state index contributed by atoms with van der Waals surface area (Å²) in [5.41, 5.74) is 2.78. The summed E-state index contributed by atoms with van der Waals surface area (Å²) >= 11 is 0. The van der Waals surface area contributed by atoms with Crippen molar-refractivity contribution < 1.29 is 9.18 Å². The number of nitrogens with zero attached hydrogens (tertiary/aromatic N) is 1. The molecule has 1 aliphatic heterocycles. The molecule has 1 aromatic rings. The largest absolute Gasteiger partial charge is 0.293 e. The molecule has 0 bridgehead atoms. The van der Waals surface area contributed by atoms with E-state index in [1.54, 1.807) is 18.2 Å². The Morgan fingerprint density at radius 3 is 3.00 bits per heavy atom. The van der Waals surface area contributed by atoms with Gasteiger partial charge in [0, 0.05) is 12.1 Å². The number of nitrogens with two attached hydrogens (primary N) is 1. The van der Waals surface area contributed by atoms with Gasteiger partial charge in [0.25, 0.3) is 5.91 Å². The van der Waals surface area contributed by atoms with Gasteiger partial charge in [-0.25, -0.2) is 10.2 Å². The fourth-order valence-corrected chi connectivity index (χ4v) is 2.25. The molecule has 3 N–H and O–H groups in total. The fraction of sp³-hybridized carbons (Fsp3) is 0.417. The van der Waals surface area contributed by atoms with Crippen molar-refractivity contribution in [3.05, 3.63) is 35.6 Å². The predicted octanol–water partition coefficient (Wildman–Crippen LogP) is 0.780. The summed E-state index contributed by atoms with van der Waals surface area (Å²) < 4.78 is 13.5. The van der Waals surface area contributed by atoms with Gasteiger partial charge in [-0.3, -0.25) is 15.1 Å². The molecule has 2 rings (SSSR count). The molecule has 1 amide bonds. The first-order chi connectivity index (χ1) is 8.22. The first-order valence-corrected chi connectivity index (χ1v) is 5.70. The fourth-order valence-electron chi connectivity index (χ4n) is 2.25. The number of hydrazine groups is 1. The summed E-state index contributed by atoms with van der Waals surface area (Å²) in [5, 5.41) is 0. The zero-order chi connectivity index (χ0) is 12.3. The lowest BCUT2D eigenvalue weighted by Crippen LogP contribution is -2.45. The molecule has 4 nitrogen and oxygen atoms in total. The van der Waals surface area contributed by atoms with Crippen LogP contribution < -0.4 is 11.3 Å². The monoisotopic (exact) mass is 237 g/mol. The molecule has 1 fully saturated rings. The van der Waals surface area contributed by atoms with Gasteiger partial charge in [-0.2, -0.15) is 0 Å². The zero-order valence-corrected chi connectivity index (χ0v) is 9.53. The van der Waals surface area contributed by atoms with Gasteiger partial charge in [-0.15, -0.1) is 0 Å². The highest BCUT2D eigenvalue weighted by atomic mass is 19.1. The van der Waals surface area contributed by atoms with E-state index in [2.05, 4.69) is 5.43 Å². The number of hydrogen-bond donors (Lipinski definition) is 2. The minimum absolute atomic E-state index is 0.196. The van der Waals surface area contributed by atoms with Gasteiger partial charge in [0.05, 0.1) is 6.04 Å². The Morgan fingerprint density at radius 1 is 1.53 bits per heavy atom. The van der Waals surface area contributed by atoms with Gasteiger partial charge in [0.2, 0.25) is 0 Å². The van der Waals surface area contributed by atoms with Gasteiger partial charge >= 0.3 is 0 Å². The van der Waals surface area contributed by atoms with E-state index in [4.69, 9.17) is 5.84 Å². The van der Waals surface area contributed by atoms with E-state index >= 15 is 0 Å². The van der Waals surface area contributed by atoms with Crippen molar-refractivity contribution in [1.29, 1.82) is 0 Å². The van der Waals surface area contributed by atoms with Crippen molar-refractivity contribution in [3.8, 4) is 0 Å². The third kappa shape index (κ3) is 2.62. The Morgan fingerprint density at radius 2 is 2.29 bits per heavy atom. The van der Waals surface area contributed by atoms with Crippen LogP contribution in [0.15, 0.2) is 24.3 Å². The highest BCUT2D eigenvalue weighted by molar-refractivity contribution is 5.81. The van der Waals surface area contributed by atoms with Crippen LogP contribution in [0.4, 0.5) is 4.39 Å². The second kappa shape index (κ2) is 5.25. The van der Waals surface area contributed by atoms with E-state index in [0.717, 1.165) is 19.4 Å². The SMILES string of the molecule is NNC(=O)[C@@H]1CCCN1Cc1ccccc1F. The number of halogens is 1. The van der Waals surface area contributed by atoms with Crippen LogP contribution in [0.1, 0.15) is 18.4 Å². The van der Waals surface area contributed by atoms with Gasteiger partial charge in [0.1, 0.15) is 5.82 Å². The zero-order valence-electron chi connectivity index (χ0n) is 9.53. The third-order valence-corrected chi connectivity index (χ3v) is 3.14. The molecule has 1 saturated heterocycles. The van der Waals surface area contributed by atoms with Crippen LogP contribution in [0.2, 0.25) is 0 Å². The highest BCUT2D eigenvalue weighted by Crippen LogP contribution is 2.21. The maximum atomic E-state index is 13.5. The number of amides is 1. The molecule has 0 aliphatic carbocycles. The number of benzene rings is 1. The molecule has 1 heterocycles. The summed E-state index contributed by atoms with van der Waals surface area (Å²) in [4.78, 5) is 13.5. The molecule has 0 unspecified atom stereocenters.